The average molecular weight is 446 g/mol. The lowest BCUT2D eigenvalue weighted by molar-refractivity contribution is -0.133. The maximum absolute atomic E-state index is 12.7. The molecule has 0 saturated carbocycles. The molecule has 0 aromatic heterocycles. The lowest BCUT2D eigenvalue weighted by Crippen LogP contribution is -2.52. The van der Waals surface area contributed by atoms with Gasteiger partial charge in [-0.1, -0.05) is 42.5 Å². The van der Waals surface area contributed by atoms with E-state index in [4.69, 9.17) is 4.74 Å². The molecule has 1 saturated heterocycles. The molecule has 1 fully saturated rings. The van der Waals surface area contributed by atoms with E-state index in [-0.39, 0.29) is 30.7 Å². The van der Waals surface area contributed by atoms with E-state index in [9.17, 15) is 14.4 Å². The summed E-state index contributed by atoms with van der Waals surface area (Å²) in [6.45, 7) is 1.76. The molecule has 170 valence electrons. The highest BCUT2D eigenvalue weighted by Gasteiger charge is 2.25. The first-order chi connectivity index (χ1) is 16.0. The van der Waals surface area contributed by atoms with Gasteiger partial charge in [0, 0.05) is 31.7 Å². The Balaban J connectivity index is 1.25. The summed E-state index contributed by atoms with van der Waals surface area (Å²) in [6.07, 6.45) is 0.221. The number of methoxy groups -OCH3 is 1. The summed E-state index contributed by atoms with van der Waals surface area (Å²) in [7, 11) is 1.58. The fraction of sp³-hybridized carbons (Fsp3) is 0.269. The minimum atomic E-state index is -0.187. The molecule has 0 spiro atoms. The molecule has 0 unspecified atom stereocenters. The zero-order valence-electron chi connectivity index (χ0n) is 18.6. The van der Waals surface area contributed by atoms with Crippen LogP contribution in [0.25, 0.3) is 10.8 Å². The third-order valence-electron chi connectivity index (χ3n) is 5.92. The topological polar surface area (TPSA) is 79.0 Å². The molecule has 3 aromatic carbocycles. The van der Waals surface area contributed by atoms with E-state index in [2.05, 4.69) is 5.32 Å². The summed E-state index contributed by atoms with van der Waals surface area (Å²) in [5.74, 6) is 0.309. The van der Waals surface area contributed by atoms with Crippen LogP contribution in [0.4, 0.5) is 0 Å². The van der Waals surface area contributed by atoms with Crippen LogP contribution in [-0.4, -0.2) is 67.4 Å². The van der Waals surface area contributed by atoms with Crippen molar-refractivity contribution in [3.63, 3.8) is 0 Å². The number of carbonyl (C=O) groups is 3. The molecule has 3 aromatic rings. The third-order valence-corrected chi connectivity index (χ3v) is 5.92. The average Bonchev–Trinajstić information content (AvgIpc) is 2.87. The number of rotatable bonds is 6. The Labute approximate surface area is 192 Å². The van der Waals surface area contributed by atoms with Crippen molar-refractivity contribution in [2.24, 2.45) is 0 Å². The van der Waals surface area contributed by atoms with E-state index in [1.54, 1.807) is 41.2 Å². The molecule has 0 bridgehead atoms. The molecular formula is C26H27N3O4. The van der Waals surface area contributed by atoms with E-state index < -0.39 is 0 Å². The van der Waals surface area contributed by atoms with Crippen molar-refractivity contribution in [1.29, 1.82) is 0 Å². The van der Waals surface area contributed by atoms with Crippen LogP contribution in [0.3, 0.4) is 0 Å². The summed E-state index contributed by atoms with van der Waals surface area (Å²) in [5.41, 5.74) is 1.53. The maximum Gasteiger partial charge on any atom is 0.253 e. The van der Waals surface area contributed by atoms with Crippen molar-refractivity contribution >= 4 is 28.5 Å². The minimum absolute atomic E-state index is 0.0456. The maximum atomic E-state index is 12.7. The molecule has 1 aliphatic rings. The first-order valence-corrected chi connectivity index (χ1v) is 11.0. The quantitative estimate of drug-likeness (QED) is 0.632. The van der Waals surface area contributed by atoms with E-state index in [0.717, 1.165) is 16.3 Å². The SMILES string of the molecule is COc1ccc(C(=O)N2CCN(C(=O)CNC(=O)Cc3cccc4ccccc34)CC2)cc1. The molecule has 1 N–H and O–H groups in total. The number of nitrogens with zero attached hydrogens (tertiary/aromatic N) is 2. The summed E-state index contributed by atoms with van der Waals surface area (Å²) in [5, 5.41) is 4.87. The van der Waals surface area contributed by atoms with Crippen LogP contribution in [0.1, 0.15) is 15.9 Å². The van der Waals surface area contributed by atoms with Crippen LogP contribution < -0.4 is 10.1 Å². The Hall–Kier alpha value is -3.87. The zero-order chi connectivity index (χ0) is 23.2. The number of hydrogen-bond acceptors (Lipinski definition) is 4. The number of ether oxygens (including phenoxy) is 1. The lowest BCUT2D eigenvalue weighted by Gasteiger charge is -2.35. The fourth-order valence-electron chi connectivity index (χ4n) is 4.04. The molecule has 7 heteroatoms. The Morgan fingerprint density at radius 2 is 1.52 bits per heavy atom. The van der Waals surface area contributed by atoms with E-state index in [1.807, 2.05) is 42.5 Å². The van der Waals surface area contributed by atoms with Gasteiger partial charge in [-0.3, -0.25) is 14.4 Å². The van der Waals surface area contributed by atoms with Gasteiger partial charge in [-0.2, -0.15) is 0 Å². The third kappa shape index (κ3) is 5.31. The van der Waals surface area contributed by atoms with Crippen LogP contribution >= 0.6 is 0 Å². The normalized spacial score (nSPS) is 13.6. The summed E-state index contributed by atoms with van der Waals surface area (Å²) in [6, 6.07) is 20.8. The molecule has 0 aliphatic carbocycles. The molecule has 3 amide bonds. The fourth-order valence-corrected chi connectivity index (χ4v) is 4.04. The molecule has 1 heterocycles. The van der Waals surface area contributed by atoms with Crippen LogP contribution in [-0.2, 0) is 16.0 Å². The summed E-state index contributed by atoms with van der Waals surface area (Å²) < 4.78 is 5.13. The monoisotopic (exact) mass is 445 g/mol. The smallest absolute Gasteiger partial charge is 0.253 e. The molecule has 0 radical (unpaired) electrons. The number of carbonyl (C=O) groups excluding carboxylic acids is 3. The van der Waals surface area contributed by atoms with Gasteiger partial charge in [0.05, 0.1) is 20.1 Å². The standard InChI is InChI=1S/C26H27N3O4/c1-33-22-11-9-20(10-12-22)26(32)29-15-13-28(14-16-29)25(31)18-27-24(30)17-21-7-4-6-19-5-2-3-8-23(19)21/h2-12H,13-18H2,1H3,(H,27,30). The van der Waals surface area contributed by atoms with Gasteiger partial charge in [-0.15, -0.1) is 0 Å². The van der Waals surface area contributed by atoms with E-state index in [1.165, 1.54) is 0 Å². The van der Waals surface area contributed by atoms with Crippen LogP contribution in [0.2, 0.25) is 0 Å². The highest BCUT2D eigenvalue weighted by Crippen LogP contribution is 2.19. The largest absolute Gasteiger partial charge is 0.497 e. The first-order valence-electron chi connectivity index (χ1n) is 11.0. The Kier molecular flexibility index (Phi) is 6.88. The molecule has 33 heavy (non-hydrogen) atoms. The van der Waals surface area contributed by atoms with Gasteiger partial charge in [0.25, 0.3) is 5.91 Å². The Morgan fingerprint density at radius 1 is 0.848 bits per heavy atom. The van der Waals surface area contributed by atoms with E-state index >= 15 is 0 Å². The first kappa shape index (κ1) is 22.3. The highest BCUT2D eigenvalue weighted by molar-refractivity contribution is 5.95. The molecule has 4 rings (SSSR count). The van der Waals surface area contributed by atoms with Crippen molar-refractivity contribution in [2.75, 3.05) is 39.8 Å². The van der Waals surface area contributed by atoms with Gasteiger partial charge < -0.3 is 19.9 Å². The number of nitrogens with one attached hydrogen (secondary N) is 1. The lowest BCUT2D eigenvalue weighted by atomic mass is 10.0. The molecule has 0 atom stereocenters. The number of benzene rings is 3. The van der Waals surface area contributed by atoms with Crippen LogP contribution in [0, 0.1) is 0 Å². The van der Waals surface area contributed by atoms with Gasteiger partial charge in [-0.05, 0) is 40.6 Å². The summed E-state index contributed by atoms with van der Waals surface area (Å²) in [4.78, 5) is 41.1. The molecule has 1 aliphatic heterocycles. The van der Waals surface area contributed by atoms with Gasteiger partial charge in [0.2, 0.25) is 11.8 Å². The summed E-state index contributed by atoms with van der Waals surface area (Å²) >= 11 is 0. The van der Waals surface area contributed by atoms with Gasteiger partial charge in [0.15, 0.2) is 0 Å². The number of amides is 3. The number of piperazine rings is 1. The van der Waals surface area contributed by atoms with Crippen molar-refractivity contribution in [3.8, 4) is 5.75 Å². The second-order valence-corrected chi connectivity index (χ2v) is 7.99. The Morgan fingerprint density at radius 3 is 2.24 bits per heavy atom. The van der Waals surface area contributed by atoms with Crippen molar-refractivity contribution in [3.05, 3.63) is 77.9 Å². The zero-order valence-corrected chi connectivity index (χ0v) is 18.6. The van der Waals surface area contributed by atoms with Gasteiger partial charge >= 0.3 is 0 Å². The van der Waals surface area contributed by atoms with Crippen molar-refractivity contribution in [2.45, 2.75) is 6.42 Å². The molecular weight excluding hydrogens is 418 g/mol. The Bertz CT molecular complexity index is 1150. The van der Waals surface area contributed by atoms with Crippen molar-refractivity contribution < 1.29 is 19.1 Å². The molecule has 7 nitrogen and oxygen atoms in total. The number of hydrogen-bond donors (Lipinski definition) is 1. The van der Waals surface area contributed by atoms with E-state index in [0.29, 0.717) is 37.5 Å². The van der Waals surface area contributed by atoms with Crippen LogP contribution in [0.5, 0.6) is 5.75 Å². The predicted molar refractivity (Wildman–Crippen MR) is 126 cm³/mol. The predicted octanol–water partition coefficient (Wildman–Crippen LogP) is 2.49. The number of fused-ring (bicyclic) bond motifs is 1. The second-order valence-electron chi connectivity index (χ2n) is 7.99. The minimum Gasteiger partial charge on any atom is -0.497 e. The highest BCUT2D eigenvalue weighted by atomic mass is 16.5. The van der Waals surface area contributed by atoms with Crippen molar-refractivity contribution in [1.82, 2.24) is 15.1 Å². The second kappa shape index (κ2) is 10.2. The van der Waals surface area contributed by atoms with Gasteiger partial charge in [0.1, 0.15) is 5.75 Å². The van der Waals surface area contributed by atoms with Gasteiger partial charge in [-0.25, -0.2) is 0 Å². The van der Waals surface area contributed by atoms with Crippen LogP contribution in [0.15, 0.2) is 66.7 Å².